The molecular weight excluding hydrogens is 364 g/mol. The van der Waals surface area contributed by atoms with Crippen LogP contribution in [0.25, 0.3) is 0 Å². The maximum Gasteiger partial charge on any atom is 0.338 e. The molecule has 2 aromatic heterocycles. The van der Waals surface area contributed by atoms with Crippen molar-refractivity contribution in [1.29, 1.82) is 0 Å². The van der Waals surface area contributed by atoms with E-state index in [2.05, 4.69) is 20.8 Å². The van der Waals surface area contributed by atoms with Crippen LogP contribution in [-0.2, 0) is 17.9 Å². The number of carboxylic acid groups (broad SMARTS) is 1. The van der Waals surface area contributed by atoms with Gasteiger partial charge in [-0.3, -0.25) is 19.0 Å². The fraction of sp³-hybridized carbons (Fsp3) is 0.167. The highest BCUT2D eigenvalue weighted by Gasteiger charge is 2.19. The van der Waals surface area contributed by atoms with Crippen molar-refractivity contribution in [2.24, 2.45) is 0 Å². The fourth-order valence-corrected chi connectivity index (χ4v) is 2.45. The minimum Gasteiger partial charge on any atom is -0.478 e. The van der Waals surface area contributed by atoms with E-state index in [-0.39, 0.29) is 23.5 Å². The van der Waals surface area contributed by atoms with Gasteiger partial charge < -0.3 is 15.7 Å². The summed E-state index contributed by atoms with van der Waals surface area (Å²) in [6.45, 7) is 2.17. The van der Waals surface area contributed by atoms with Gasteiger partial charge >= 0.3 is 5.97 Å². The molecule has 3 N–H and O–H groups in total. The molecule has 2 amide bonds. The van der Waals surface area contributed by atoms with Gasteiger partial charge in [0.25, 0.3) is 5.91 Å². The summed E-state index contributed by atoms with van der Waals surface area (Å²) < 4.78 is 2.73. The summed E-state index contributed by atoms with van der Waals surface area (Å²) in [6.07, 6.45) is 3.97. The molecule has 0 unspecified atom stereocenters. The molecule has 0 aliphatic rings. The van der Waals surface area contributed by atoms with Gasteiger partial charge in [-0.2, -0.15) is 10.2 Å². The highest BCUT2D eigenvalue weighted by atomic mass is 16.4. The molecule has 10 nitrogen and oxygen atoms in total. The van der Waals surface area contributed by atoms with Crippen molar-refractivity contribution in [1.82, 2.24) is 19.6 Å². The highest BCUT2D eigenvalue weighted by Crippen LogP contribution is 2.17. The number of para-hydroxylation sites is 1. The van der Waals surface area contributed by atoms with Gasteiger partial charge in [0, 0.05) is 24.6 Å². The average molecular weight is 382 g/mol. The number of hydrogen-bond acceptors (Lipinski definition) is 5. The lowest BCUT2D eigenvalue weighted by atomic mass is 10.3. The zero-order valence-electron chi connectivity index (χ0n) is 15.0. The van der Waals surface area contributed by atoms with E-state index in [0.29, 0.717) is 12.2 Å². The van der Waals surface area contributed by atoms with Crippen molar-refractivity contribution in [2.45, 2.75) is 20.0 Å². The monoisotopic (exact) mass is 382 g/mol. The number of hydrogen-bond donors (Lipinski definition) is 3. The second-order valence-corrected chi connectivity index (χ2v) is 5.85. The second-order valence-electron chi connectivity index (χ2n) is 5.85. The van der Waals surface area contributed by atoms with Crippen LogP contribution in [0.15, 0.2) is 48.9 Å². The van der Waals surface area contributed by atoms with Crippen molar-refractivity contribution in [3.63, 3.8) is 0 Å². The van der Waals surface area contributed by atoms with Crippen molar-refractivity contribution < 1.29 is 19.5 Å². The van der Waals surface area contributed by atoms with E-state index < -0.39 is 17.8 Å². The number of amides is 2. The number of benzene rings is 1. The Morgan fingerprint density at radius 3 is 2.46 bits per heavy atom. The quantitative estimate of drug-likeness (QED) is 0.570. The lowest BCUT2D eigenvalue weighted by molar-refractivity contribution is -0.116. The highest BCUT2D eigenvalue weighted by molar-refractivity contribution is 6.08. The minimum atomic E-state index is -1.13. The summed E-state index contributed by atoms with van der Waals surface area (Å²) in [5.74, 6) is -2.05. The van der Waals surface area contributed by atoms with Crippen LogP contribution in [0.1, 0.15) is 27.8 Å². The molecular formula is C18H18N6O4. The van der Waals surface area contributed by atoms with E-state index in [1.54, 1.807) is 30.5 Å². The number of carbonyl (C=O) groups excluding carboxylic acids is 2. The maximum atomic E-state index is 12.6. The molecule has 0 saturated heterocycles. The lowest BCUT2D eigenvalue weighted by Crippen LogP contribution is -2.21. The first-order chi connectivity index (χ1) is 13.5. The van der Waals surface area contributed by atoms with Gasteiger partial charge in [-0.15, -0.1) is 0 Å². The lowest BCUT2D eigenvalue weighted by Gasteiger charge is -2.06. The number of aromatic carboxylic acids is 1. The first-order valence-corrected chi connectivity index (χ1v) is 8.45. The zero-order chi connectivity index (χ0) is 20.1. The van der Waals surface area contributed by atoms with E-state index in [4.69, 9.17) is 5.11 Å². The van der Waals surface area contributed by atoms with Crippen molar-refractivity contribution in [2.75, 3.05) is 10.6 Å². The number of aryl methyl sites for hydroxylation is 1. The Hall–Kier alpha value is -3.95. The number of carbonyl (C=O) groups is 3. The number of anilines is 2. The molecule has 0 spiro atoms. The van der Waals surface area contributed by atoms with Gasteiger partial charge in [0.2, 0.25) is 5.91 Å². The van der Waals surface area contributed by atoms with Gasteiger partial charge in [-0.05, 0) is 19.1 Å². The van der Waals surface area contributed by atoms with Crippen LogP contribution in [0.3, 0.4) is 0 Å². The first-order valence-electron chi connectivity index (χ1n) is 8.45. The molecule has 1 aromatic carbocycles. The number of carboxylic acids is 1. The molecule has 28 heavy (non-hydrogen) atoms. The van der Waals surface area contributed by atoms with E-state index in [1.807, 2.05) is 13.0 Å². The molecule has 2 heterocycles. The summed E-state index contributed by atoms with van der Waals surface area (Å²) >= 11 is 0. The Morgan fingerprint density at radius 2 is 1.82 bits per heavy atom. The maximum absolute atomic E-state index is 12.6. The van der Waals surface area contributed by atoms with Crippen LogP contribution in [0.5, 0.6) is 0 Å². The van der Waals surface area contributed by atoms with Crippen LogP contribution in [-0.4, -0.2) is 42.5 Å². The minimum absolute atomic E-state index is 0.0190. The number of nitrogens with zero attached hydrogens (tertiary/aromatic N) is 4. The molecule has 0 fully saturated rings. The van der Waals surface area contributed by atoms with Crippen LogP contribution in [0.4, 0.5) is 11.4 Å². The van der Waals surface area contributed by atoms with E-state index in [0.717, 1.165) is 6.20 Å². The zero-order valence-corrected chi connectivity index (χ0v) is 15.0. The Bertz CT molecular complexity index is 1010. The normalized spacial score (nSPS) is 10.5. The SMILES string of the molecule is CCn1cc(NC(=O)Cn2cc(C(=O)O)cn2)c(C(=O)Nc2ccccc2)n1. The Balaban J connectivity index is 1.73. The van der Waals surface area contributed by atoms with Crippen LogP contribution in [0.2, 0.25) is 0 Å². The van der Waals surface area contributed by atoms with Gasteiger partial charge in [0.15, 0.2) is 5.69 Å². The van der Waals surface area contributed by atoms with Gasteiger partial charge in [0.1, 0.15) is 6.54 Å². The fourth-order valence-electron chi connectivity index (χ4n) is 2.45. The summed E-state index contributed by atoms with van der Waals surface area (Å²) in [7, 11) is 0. The molecule has 0 bridgehead atoms. The van der Waals surface area contributed by atoms with Crippen molar-refractivity contribution >= 4 is 29.2 Å². The Morgan fingerprint density at radius 1 is 1.07 bits per heavy atom. The van der Waals surface area contributed by atoms with Gasteiger partial charge in [0.05, 0.1) is 17.4 Å². The summed E-state index contributed by atoms with van der Waals surface area (Å²) in [4.78, 5) is 35.8. The van der Waals surface area contributed by atoms with Crippen LogP contribution >= 0.6 is 0 Å². The molecule has 144 valence electrons. The third kappa shape index (κ3) is 4.41. The Labute approximate surface area is 159 Å². The average Bonchev–Trinajstić information content (AvgIpc) is 3.29. The van der Waals surface area contributed by atoms with E-state index in [9.17, 15) is 14.4 Å². The molecule has 3 aromatic rings. The van der Waals surface area contributed by atoms with E-state index >= 15 is 0 Å². The number of aromatic nitrogens is 4. The van der Waals surface area contributed by atoms with Crippen LogP contribution < -0.4 is 10.6 Å². The third-order valence-corrected chi connectivity index (χ3v) is 3.79. The van der Waals surface area contributed by atoms with Gasteiger partial charge in [-0.25, -0.2) is 4.79 Å². The Kier molecular flexibility index (Phi) is 5.49. The number of rotatable bonds is 7. The summed E-state index contributed by atoms with van der Waals surface area (Å²) in [5, 5.41) is 22.3. The summed E-state index contributed by atoms with van der Waals surface area (Å²) in [5.41, 5.74) is 0.916. The smallest absolute Gasteiger partial charge is 0.338 e. The molecule has 0 aliphatic heterocycles. The van der Waals surface area contributed by atoms with Crippen LogP contribution in [0, 0.1) is 0 Å². The molecule has 0 aliphatic carbocycles. The first kappa shape index (κ1) is 18.8. The predicted molar refractivity (Wildman–Crippen MR) is 100 cm³/mol. The predicted octanol–water partition coefficient (Wildman–Crippen LogP) is 1.69. The molecule has 0 saturated carbocycles. The van der Waals surface area contributed by atoms with E-state index in [1.165, 1.54) is 15.6 Å². The number of nitrogens with one attached hydrogen (secondary N) is 2. The second kappa shape index (κ2) is 8.16. The molecule has 0 atom stereocenters. The third-order valence-electron chi connectivity index (χ3n) is 3.79. The van der Waals surface area contributed by atoms with Gasteiger partial charge in [-0.1, -0.05) is 18.2 Å². The molecule has 10 heteroatoms. The molecule has 0 radical (unpaired) electrons. The molecule has 3 rings (SSSR count). The largest absolute Gasteiger partial charge is 0.478 e. The summed E-state index contributed by atoms with van der Waals surface area (Å²) in [6, 6.07) is 8.89. The van der Waals surface area contributed by atoms with Crippen molar-refractivity contribution in [3.8, 4) is 0 Å². The van der Waals surface area contributed by atoms with Crippen molar-refractivity contribution in [3.05, 3.63) is 60.2 Å². The topological polar surface area (TPSA) is 131 Å². The standard InChI is InChI=1S/C18H18N6O4/c1-2-23-10-14(16(22-23)17(26)20-13-6-4-3-5-7-13)21-15(25)11-24-9-12(8-19-24)18(27)28/h3-10H,2,11H2,1H3,(H,20,26)(H,21,25)(H,27,28).